The number of hydrogen-bond donors (Lipinski definition) is 2. The molecule has 0 saturated carbocycles. The molecule has 0 fully saturated rings. The van der Waals surface area contributed by atoms with Crippen LogP contribution in [-0.2, 0) is 10.0 Å². The van der Waals surface area contributed by atoms with Crippen molar-refractivity contribution in [3.8, 4) is 0 Å². The summed E-state index contributed by atoms with van der Waals surface area (Å²) < 4.78 is 28.2. The minimum absolute atomic E-state index is 0.162. The summed E-state index contributed by atoms with van der Waals surface area (Å²) in [4.78, 5) is 15.3. The zero-order valence-corrected chi connectivity index (χ0v) is 15.7. The smallest absolute Gasteiger partial charge is 0.261 e. The third-order valence-electron chi connectivity index (χ3n) is 4.65. The molecule has 5 nitrogen and oxygen atoms in total. The quantitative estimate of drug-likeness (QED) is 0.527. The lowest BCUT2D eigenvalue weighted by atomic mass is 10.0. The second kappa shape index (κ2) is 6.25. The minimum Gasteiger partial charge on any atom is -0.321 e. The number of rotatable bonds is 3. The molecule has 4 rings (SSSR count). The molecule has 2 N–H and O–H groups in total. The first kappa shape index (κ1) is 17.3. The van der Waals surface area contributed by atoms with E-state index in [9.17, 15) is 13.2 Å². The van der Waals surface area contributed by atoms with Crippen LogP contribution in [0.1, 0.15) is 11.1 Å². The maximum atomic E-state index is 12.7. The zero-order chi connectivity index (χ0) is 19.2. The lowest BCUT2D eigenvalue weighted by molar-refractivity contribution is 0.601. The minimum atomic E-state index is -3.70. The van der Waals surface area contributed by atoms with Crippen LogP contribution in [0.25, 0.3) is 21.7 Å². The molecule has 0 bridgehead atoms. The Bertz CT molecular complexity index is 1340. The maximum absolute atomic E-state index is 12.7. The Labute approximate surface area is 156 Å². The van der Waals surface area contributed by atoms with E-state index < -0.39 is 10.0 Å². The number of aryl methyl sites for hydroxylation is 2. The van der Waals surface area contributed by atoms with Crippen LogP contribution in [0.5, 0.6) is 0 Å². The molecule has 3 aromatic carbocycles. The van der Waals surface area contributed by atoms with Crippen LogP contribution in [0.4, 0.5) is 5.69 Å². The molecule has 0 saturated heterocycles. The molecule has 0 aliphatic rings. The summed E-state index contributed by atoms with van der Waals surface area (Å²) in [5.74, 6) is 0. The molecule has 0 radical (unpaired) electrons. The molecular formula is C21H18N2O3S. The standard InChI is InChI=1S/C21H18N2O3S/c1-13-7-9-15(10-8-13)27(25,26)23-19-12-18-16-5-3-4-6-17(16)21(24)22-20(18)11-14(19)2/h3-12,23H,1-2H3,(H,22,24). The van der Waals surface area contributed by atoms with Gasteiger partial charge in [0.25, 0.3) is 15.6 Å². The number of H-pyrrole nitrogens is 1. The number of nitrogens with one attached hydrogen (secondary N) is 2. The monoisotopic (exact) mass is 378 g/mol. The van der Waals surface area contributed by atoms with Gasteiger partial charge < -0.3 is 4.98 Å². The van der Waals surface area contributed by atoms with Gasteiger partial charge in [-0.15, -0.1) is 0 Å². The number of aromatic nitrogens is 1. The maximum Gasteiger partial charge on any atom is 0.261 e. The van der Waals surface area contributed by atoms with Crippen molar-refractivity contribution in [2.24, 2.45) is 0 Å². The van der Waals surface area contributed by atoms with Crippen LogP contribution >= 0.6 is 0 Å². The van der Waals surface area contributed by atoms with Crippen LogP contribution in [0.2, 0.25) is 0 Å². The molecule has 27 heavy (non-hydrogen) atoms. The van der Waals surface area contributed by atoms with E-state index in [2.05, 4.69) is 9.71 Å². The Morgan fingerprint density at radius 2 is 1.52 bits per heavy atom. The van der Waals surface area contributed by atoms with E-state index in [4.69, 9.17) is 0 Å². The first-order valence-electron chi connectivity index (χ1n) is 8.50. The van der Waals surface area contributed by atoms with E-state index in [1.165, 1.54) is 0 Å². The highest BCUT2D eigenvalue weighted by Gasteiger charge is 2.16. The average molecular weight is 378 g/mol. The zero-order valence-electron chi connectivity index (χ0n) is 14.9. The van der Waals surface area contributed by atoms with Crippen molar-refractivity contribution in [1.82, 2.24) is 4.98 Å². The summed E-state index contributed by atoms with van der Waals surface area (Å²) in [6.45, 7) is 3.71. The average Bonchev–Trinajstić information content (AvgIpc) is 2.63. The molecule has 136 valence electrons. The number of sulfonamides is 1. The molecule has 1 heterocycles. The van der Waals surface area contributed by atoms with Gasteiger partial charge in [0, 0.05) is 16.3 Å². The molecule has 1 aromatic heterocycles. The van der Waals surface area contributed by atoms with E-state index in [0.29, 0.717) is 16.6 Å². The number of pyridine rings is 1. The third kappa shape index (κ3) is 3.08. The van der Waals surface area contributed by atoms with Crippen LogP contribution < -0.4 is 10.3 Å². The second-order valence-corrected chi connectivity index (χ2v) is 8.31. The van der Waals surface area contributed by atoms with Gasteiger partial charge in [0.2, 0.25) is 0 Å². The van der Waals surface area contributed by atoms with Gasteiger partial charge in [-0.25, -0.2) is 8.42 Å². The summed E-state index contributed by atoms with van der Waals surface area (Å²) in [6, 6.07) is 17.5. The predicted octanol–water partition coefficient (Wildman–Crippen LogP) is 4.10. The van der Waals surface area contributed by atoms with Crippen LogP contribution in [0, 0.1) is 13.8 Å². The Morgan fingerprint density at radius 1 is 0.852 bits per heavy atom. The van der Waals surface area contributed by atoms with E-state index in [1.807, 2.05) is 19.1 Å². The Hall–Kier alpha value is -3.12. The molecule has 0 spiro atoms. The Balaban J connectivity index is 1.88. The lowest BCUT2D eigenvalue weighted by Crippen LogP contribution is -2.14. The Morgan fingerprint density at radius 3 is 2.22 bits per heavy atom. The molecule has 0 amide bonds. The number of fused-ring (bicyclic) bond motifs is 3. The van der Waals surface area contributed by atoms with Crippen molar-refractivity contribution in [2.75, 3.05) is 4.72 Å². The van der Waals surface area contributed by atoms with Crippen LogP contribution in [0.3, 0.4) is 0 Å². The summed E-state index contributed by atoms with van der Waals surface area (Å²) in [6.07, 6.45) is 0. The van der Waals surface area contributed by atoms with Crippen molar-refractivity contribution in [2.45, 2.75) is 18.7 Å². The fraction of sp³-hybridized carbons (Fsp3) is 0.0952. The van der Waals surface area contributed by atoms with Gasteiger partial charge in [-0.05, 0) is 55.1 Å². The summed E-state index contributed by atoms with van der Waals surface area (Å²) >= 11 is 0. The van der Waals surface area contributed by atoms with E-state index in [1.54, 1.807) is 55.5 Å². The summed E-state index contributed by atoms with van der Waals surface area (Å²) in [7, 11) is -3.70. The molecule has 4 aromatic rings. The van der Waals surface area contributed by atoms with Gasteiger partial charge in [0.1, 0.15) is 0 Å². The second-order valence-electron chi connectivity index (χ2n) is 6.63. The topological polar surface area (TPSA) is 79.0 Å². The van der Waals surface area contributed by atoms with Crippen LogP contribution in [0.15, 0.2) is 70.4 Å². The van der Waals surface area contributed by atoms with Crippen molar-refractivity contribution < 1.29 is 8.42 Å². The largest absolute Gasteiger partial charge is 0.321 e. The third-order valence-corrected chi connectivity index (χ3v) is 6.03. The van der Waals surface area contributed by atoms with Gasteiger partial charge in [0.05, 0.1) is 10.6 Å². The molecule has 0 aliphatic carbocycles. The van der Waals surface area contributed by atoms with Gasteiger partial charge in [-0.1, -0.05) is 35.9 Å². The molecule has 0 atom stereocenters. The van der Waals surface area contributed by atoms with Gasteiger partial charge in [-0.2, -0.15) is 0 Å². The fourth-order valence-corrected chi connectivity index (χ4v) is 4.29. The number of hydrogen-bond acceptors (Lipinski definition) is 3. The first-order valence-corrected chi connectivity index (χ1v) is 9.98. The Kier molecular flexibility index (Phi) is 4.00. The van der Waals surface area contributed by atoms with Crippen LogP contribution in [-0.4, -0.2) is 13.4 Å². The van der Waals surface area contributed by atoms with Gasteiger partial charge in [0.15, 0.2) is 0 Å². The predicted molar refractivity (Wildman–Crippen MR) is 109 cm³/mol. The number of benzene rings is 3. The molecular weight excluding hydrogens is 360 g/mol. The van der Waals surface area contributed by atoms with E-state index in [-0.39, 0.29) is 10.5 Å². The number of aromatic amines is 1. The SMILES string of the molecule is Cc1ccc(S(=O)(=O)Nc2cc3c(cc2C)[nH]c(=O)c2ccccc23)cc1. The van der Waals surface area contributed by atoms with E-state index in [0.717, 1.165) is 21.9 Å². The summed E-state index contributed by atoms with van der Waals surface area (Å²) in [5, 5.41) is 2.14. The van der Waals surface area contributed by atoms with Crippen molar-refractivity contribution in [1.29, 1.82) is 0 Å². The highest BCUT2D eigenvalue weighted by Crippen LogP contribution is 2.28. The van der Waals surface area contributed by atoms with Crippen molar-refractivity contribution in [3.05, 3.63) is 82.1 Å². The van der Waals surface area contributed by atoms with Gasteiger partial charge in [-0.3, -0.25) is 9.52 Å². The fourth-order valence-electron chi connectivity index (χ4n) is 3.17. The highest BCUT2D eigenvalue weighted by molar-refractivity contribution is 7.92. The van der Waals surface area contributed by atoms with Crippen molar-refractivity contribution >= 4 is 37.4 Å². The molecule has 6 heteroatoms. The first-order chi connectivity index (χ1) is 12.8. The lowest BCUT2D eigenvalue weighted by Gasteiger charge is -2.13. The van der Waals surface area contributed by atoms with Gasteiger partial charge >= 0.3 is 0 Å². The molecule has 0 unspecified atom stereocenters. The van der Waals surface area contributed by atoms with Crippen molar-refractivity contribution in [3.63, 3.8) is 0 Å². The summed E-state index contributed by atoms with van der Waals surface area (Å²) in [5.41, 5.74) is 2.72. The number of anilines is 1. The normalized spacial score (nSPS) is 11.8. The molecule has 0 aliphatic heterocycles. The van der Waals surface area contributed by atoms with E-state index >= 15 is 0 Å². The highest BCUT2D eigenvalue weighted by atomic mass is 32.2.